The normalized spacial score (nSPS) is 18.7. The van der Waals surface area contributed by atoms with Crippen LogP contribution in [0.5, 0.6) is 11.5 Å². The van der Waals surface area contributed by atoms with Gasteiger partial charge in [-0.15, -0.1) is 0 Å². The molecule has 2 aliphatic rings. The highest BCUT2D eigenvalue weighted by molar-refractivity contribution is 6.08. The van der Waals surface area contributed by atoms with E-state index in [4.69, 9.17) is 9.47 Å². The van der Waals surface area contributed by atoms with E-state index < -0.39 is 0 Å². The molecule has 6 nitrogen and oxygen atoms in total. The first-order valence-corrected chi connectivity index (χ1v) is 10.5. The molecule has 2 aromatic carbocycles. The molecule has 1 amide bonds. The number of ether oxygens (including phenoxy) is 2. The molecular formula is C25H28N2O4. The number of allylic oxidation sites excluding steroid dienone is 2. The van der Waals surface area contributed by atoms with Crippen LogP contribution >= 0.6 is 0 Å². The van der Waals surface area contributed by atoms with E-state index in [1.54, 1.807) is 37.3 Å². The van der Waals surface area contributed by atoms with Gasteiger partial charge in [-0.2, -0.15) is 0 Å². The van der Waals surface area contributed by atoms with Crippen molar-refractivity contribution in [3.8, 4) is 11.5 Å². The zero-order valence-electron chi connectivity index (χ0n) is 18.5. The van der Waals surface area contributed by atoms with Gasteiger partial charge in [0.05, 0.1) is 19.9 Å². The Labute approximate surface area is 183 Å². The largest absolute Gasteiger partial charge is 0.497 e. The molecule has 0 radical (unpaired) electrons. The standard InChI is InChI=1S/C25H28N2O4/c1-26(2)17-10-8-16(9-11-17)19-15-24(29)27(20-6-5-7-22(28)25(19)20)21-14-18(30-3)12-13-23(21)31-4/h8-14,19H,5-7,15H2,1-4H3. The number of carbonyl (C=O) groups excluding carboxylic acids is 2. The quantitative estimate of drug-likeness (QED) is 0.722. The summed E-state index contributed by atoms with van der Waals surface area (Å²) in [5, 5.41) is 0. The molecule has 1 unspecified atom stereocenters. The van der Waals surface area contributed by atoms with Crippen molar-refractivity contribution in [1.29, 1.82) is 0 Å². The predicted octanol–water partition coefficient (Wildman–Crippen LogP) is 4.30. The topological polar surface area (TPSA) is 59.1 Å². The summed E-state index contributed by atoms with van der Waals surface area (Å²) in [5.41, 5.74) is 4.25. The SMILES string of the molecule is COc1ccc(OC)c(N2C(=O)CC(c3ccc(N(C)C)cc3)C3=C2CCCC3=O)c1. The number of nitrogens with zero attached hydrogens (tertiary/aromatic N) is 2. The van der Waals surface area contributed by atoms with E-state index in [1.807, 2.05) is 43.3 Å². The fourth-order valence-corrected chi connectivity index (χ4v) is 4.53. The molecule has 1 aliphatic carbocycles. The Bertz CT molecular complexity index is 1040. The van der Waals surface area contributed by atoms with E-state index in [9.17, 15) is 9.59 Å². The predicted molar refractivity (Wildman–Crippen MR) is 121 cm³/mol. The van der Waals surface area contributed by atoms with Gasteiger partial charge in [-0.3, -0.25) is 14.5 Å². The Morgan fingerprint density at radius 2 is 1.71 bits per heavy atom. The van der Waals surface area contributed by atoms with E-state index in [2.05, 4.69) is 0 Å². The number of carbonyl (C=O) groups is 2. The second kappa shape index (κ2) is 8.46. The highest BCUT2D eigenvalue weighted by atomic mass is 16.5. The van der Waals surface area contributed by atoms with Crippen molar-refractivity contribution in [1.82, 2.24) is 0 Å². The van der Waals surface area contributed by atoms with Gasteiger partial charge >= 0.3 is 0 Å². The van der Waals surface area contributed by atoms with Crippen LogP contribution in [0.1, 0.15) is 37.2 Å². The van der Waals surface area contributed by atoms with Crippen LogP contribution in [0, 0.1) is 0 Å². The molecule has 6 heteroatoms. The molecule has 2 aromatic rings. The summed E-state index contributed by atoms with van der Waals surface area (Å²) in [5.74, 6) is 1.07. The smallest absolute Gasteiger partial charge is 0.232 e. The molecule has 0 saturated carbocycles. The lowest BCUT2D eigenvalue weighted by molar-refractivity contribution is -0.119. The molecule has 162 valence electrons. The van der Waals surface area contributed by atoms with Crippen LogP contribution in [-0.2, 0) is 9.59 Å². The maximum Gasteiger partial charge on any atom is 0.232 e. The number of hydrogen-bond donors (Lipinski definition) is 0. The Hall–Kier alpha value is -3.28. The Kier molecular flexibility index (Phi) is 5.72. The highest BCUT2D eigenvalue weighted by Crippen LogP contribution is 2.46. The lowest BCUT2D eigenvalue weighted by Gasteiger charge is -2.38. The van der Waals surface area contributed by atoms with Gasteiger partial charge in [0.25, 0.3) is 0 Å². The summed E-state index contributed by atoms with van der Waals surface area (Å²) >= 11 is 0. The third-order valence-corrected chi connectivity index (χ3v) is 6.11. The molecule has 0 N–H and O–H groups in total. The van der Waals surface area contributed by atoms with Gasteiger partial charge in [0.2, 0.25) is 5.91 Å². The summed E-state index contributed by atoms with van der Waals surface area (Å²) < 4.78 is 10.9. The molecule has 1 heterocycles. The van der Waals surface area contributed by atoms with E-state index in [1.165, 1.54) is 0 Å². The molecular weight excluding hydrogens is 392 g/mol. The van der Waals surface area contributed by atoms with Crippen molar-refractivity contribution in [2.75, 3.05) is 38.1 Å². The maximum atomic E-state index is 13.5. The van der Waals surface area contributed by atoms with Crippen molar-refractivity contribution in [2.24, 2.45) is 0 Å². The van der Waals surface area contributed by atoms with Crippen LogP contribution in [-0.4, -0.2) is 40.0 Å². The van der Waals surface area contributed by atoms with Crippen molar-refractivity contribution in [2.45, 2.75) is 31.6 Å². The van der Waals surface area contributed by atoms with Crippen LogP contribution in [0.15, 0.2) is 53.7 Å². The van der Waals surface area contributed by atoms with Crippen molar-refractivity contribution in [3.63, 3.8) is 0 Å². The van der Waals surface area contributed by atoms with Crippen LogP contribution in [0.2, 0.25) is 0 Å². The van der Waals surface area contributed by atoms with Crippen LogP contribution < -0.4 is 19.3 Å². The number of hydrogen-bond acceptors (Lipinski definition) is 5. The first-order chi connectivity index (χ1) is 14.9. The summed E-state index contributed by atoms with van der Waals surface area (Å²) in [7, 11) is 7.15. The minimum absolute atomic E-state index is 0.0401. The molecule has 31 heavy (non-hydrogen) atoms. The van der Waals surface area contributed by atoms with Gasteiger partial charge in [-0.1, -0.05) is 12.1 Å². The average Bonchev–Trinajstić information content (AvgIpc) is 2.78. The summed E-state index contributed by atoms with van der Waals surface area (Å²) in [6.45, 7) is 0. The molecule has 0 fully saturated rings. The zero-order valence-corrected chi connectivity index (χ0v) is 18.5. The molecule has 0 saturated heterocycles. The van der Waals surface area contributed by atoms with Crippen molar-refractivity contribution in [3.05, 3.63) is 59.3 Å². The minimum atomic E-state index is -0.223. The summed E-state index contributed by atoms with van der Waals surface area (Å²) in [6.07, 6.45) is 2.17. The lowest BCUT2D eigenvalue weighted by atomic mass is 9.77. The Morgan fingerprint density at radius 3 is 2.35 bits per heavy atom. The highest BCUT2D eigenvalue weighted by Gasteiger charge is 2.40. The number of rotatable bonds is 5. The Balaban J connectivity index is 1.84. The van der Waals surface area contributed by atoms with E-state index in [0.29, 0.717) is 30.0 Å². The van der Waals surface area contributed by atoms with Gasteiger partial charge in [-0.05, 0) is 42.7 Å². The number of methoxy groups -OCH3 is 2. The fraction of sp³-hybridized carbons (Fsp3) is 0.360. The minimum Gasteiger partial charge on any atom is -0.497 e. The number of ketones is 1. The molecule has 0 aromatic heterocycles. The summed E-state index contributed by atoms with van der Waals surface area (Å²) in [6, 6.07) is 13.5. The molecule has 0 spiro atoms. The van der Waals surface area contributed by atoms with Crippen LogP contribution in [0.3, 0.4) is 0 Å². The zero-order chi connectivity index (χ0) is 22.1. The maximum absolute atomic E-state index is 13.5. The van der Waals surface area contributed by atoms with Gasteiger partial charge in [0, 0.05) is 55.9 Å². The second-order valence-corrected chi connectivity index (χ2v) is 8.15. The molecule has 1 atom stereocenters. The molecule has 0 bridgehead atoms. The Morgan fingerprint density at radius 1 is 0.968 bits per heavy atom. The summed E-state index contributed by atoms with van der Waals surface area (Å²) in [4.78, 5) is 30.3. The first-order valence-electron chi connectivity index (χ1n) is 10.5. The van der Waals surface area contributed by atoms with Gasteiger partial charge in [-0.25, -0.2) is 0 Å². The third-order valence-electron chi connectivity index (χ3n) is 6.11. The van der Waals surface area contributed by atoms with E-state index in [-0.39, 0.29) is 24.0 Å². The van der Waals surface area contributed by atoms with Crippen molar-refractivity contribution < 1.29 is 19.1 Å². The number of benzene rings is 2. The van der Waals surface area contributed by atoms with Crippen molar-refractivity contribution >= 4 is 23.1 Å². The monoisotopic (exact) mass is 420 g/mol. The number of Topliss-reactive ketones (excluding diaryl/α,β-unsaturated/α-hetero) is 1. The van der Waals surface area contributed by atoms with Gasteiger partial charge < -0.3 is 14.4 Å². The first kappa shape index (κ1) is 21.0. The van der Waals surface area contributed by atoms with E-state index in [0.717, 1.165) is 28.9 Å². The van der Waals surface area contributed by atoms with Gasteiger partial charge in [0.15, 0.2) is 5.78 Å². The fourth-order valence-electron chi connectivity index (χ4n) is 4.53. The second-order valence-electron chi connectivity index (χ2n) is 8.15. The molecule has 4 rings (SSSR count). The third kappa shape index (κ3) is 3.78. The lowest BCUT2D eigenvalue weighted by Crippen LogP contribution is -2.40. The number of anilines is 2. The van der Waals surface area contributed by atoms with Gasteiger partial charge in [0.1, 0.15) is 11.5 Å². The molecule has 1 aliphatic heterocycles. The average molecular weight is 421 g/mol. The van der Waals surface area contributed by atoms with Crippen LogP contribution in [0.4, 0.5) is 11.4 Å². The van der Waals surface area contributed by atoms with Crippen LogP contribution in [0.25, 0.3) is 0 Å². The van der Waals surface area contributed by atoms with E-state index >= 15 is 0 Å². The number of amides is 1.